The Hall–Kier alpha value is -2.10. The number of hydrogen-bond acceptors (Lipinski definition) is 3. The Labute approximate surface area is 165 Å². The highest BCUT2D eigenvalue weighted by molar-refractivity contribution is 6.35. The number of ether oxygens (including phenoxy) is 1. The Bertz CT molecular complexity index is 884. The predicted molar refractivity (Wildman–Crippen MR) is 111 cm³/mol. The first kappa shape index (κ1) is 18.3. The van der Waals surface area contributed by atoms with E-state index in [2.05, 4.69) is 22.0 Å². The van der Waals surface area contributed by atoms with Crippen molar-refractivity contribution in [3.05, 3.63) is 71.5 Å². The summed E-state index contributed by atoms with van der Waals surface area (Å²) in [5.41, 5.74) is 1.34. The van der Waals surface area contributed by atoms with Gasteiger partial charge in [-0.3, -0.25) is 9.88 Å². The molecular weight excluding hydrogens is 356 g/mol. The van der Waals surface area contributed by atoms with Gasteiger partial charge in [0.05, 0.1) is 6.61 Å². The van der Waals surface area contributed by atoms with Gasteiger partial charge in [0.1, 0.15) is 5.75 Å². The Morgan fingerprint density at radius 2 is 1.93 bits per heavy atom. The molecule has 0 saturated carbocycles. The van der Waals surface area contributed by atoms with E-state index in [-0.39, 0.29) is 0 Å². The van der Waals surface area contributed by atoms with E-state index in [1.165, 1.54) is 24.8 Å². The van der Waals surface area contributed by atoms with Gasteiger partial charge in [0.15, 0.2) is 0 Å². The maximum absolute atomic E-state index is 6.30. The van der Waals surface area contributed by atoms with Gasteiger partial charge in [0, 0.05) is 40.8 Å². The zero-order chi connectivity index (χ0) is 18.5. The van der Waals surface area contributed by atoms with Gasteiger partial charge in [-0.2, -0.15) is 0 Å². The third-order valence-corrected chi connectivity index (χ3v) is 5.69. The van der Waals surface area contributed by atoms with Crippen molar-refractivity contribution in [2.75, 3.05) is 19.7 Å². The van der Waals surface area contributed by atoms with E-state index in [1.54, 1.807) is 0 Å². The Balaban J connectivity index is 1.36. The number of likely N-dealkylation sites (tertiary alicyclic amines) is 1. The van der Waals surface area contributed by atoms with Crippen LogP contribution in [0.3, 0.4) is 0 Å². The molecule has 27 heavy (non-hydrogen) atoms. The second-order valence-corrected chi connectivity index (χ2v) is 7.53. The molecule has 4 heteroatoms. The maximum atomic E-state index is 6.30. The number of benzene rings is 2. The van der Waals surface area contributed by atoms with Gasteiger partial charge in [0.2, 0.25) is 0 Å². The lowest BCUT2D eigenvalue weighted by Crippen LogP contribution is -2.34. The van der Waals surface area contributed by atoms with Crippen LogP contribution in [0.15, 0.2) is 60.9 Å². The highest BCUT2D eigenvalue weighted by atomic mass is 35.5. The smallest absolute Gasteiger partial charge is 0.127 e. The normalized spacial score (nSPS) is 17.9. The van der Waals surface area contributed by atoms with Gasteiger partial charge < -0.3 is 4.74 Å². The molecule has 0 N–H and O–H groups in total. The molecule has 0 aliphatic carbocycles. The molecule has 0 unspecified atom stereocenters. The van der Waals surface area contributed by atoms with Crippen molar-refractivity contribution < 1.29 is 4.74 Å². The van der Waals surface area contributed by atoms with E-state index >= 15 is 0 Å². The molecule has 1 aliphatic heterocycles. The second-order valence-electron chi connectivity index (χ2n) is 7.13. The summed E-state index contributed by atoms with van der Waals surface area (Å²) in [4.78, 5) is 6.89. The Kier molecular flexibility index (Phi) is 5.90. The number of fused-ring (bicyclic) bond motifs is 1. The fourth-order valence-corrected chi connectivity index (χ4v) is 4.25. The summed E-state index contributed by atoms with van der Waals surface area (Å²) in [6, 6.07) is 16.8. The van der Waals surface area contributed by atoms with Gasteiger partial charge in [-0.15, -0.1) is 0 Å². The average molecular weight is 381 g/mol. The van der Waals surface area contributed by atoms with Crippen LogP contribution in [0.4, 0.5) is 0 Å². The summed E-state index contributed by atoms with van der Waals surface area (Å²) < 4.78 is 6.11. The van der Waals surface area contributed by atoms with Gasteiger partial charge in [-0.1, -0.05) is 48.4 Å². The number of nitrogens with zero attached hydrogens (tertiary/aromatic N) is 2. The van der Waals surface area contributed by atoms with E-state index in [0.717, 1.165) is 41.1 Å². The average Bonchev–Trinajstić information content (AvgIpc) is 2.74. The predicted octanol–water partition coefficient (Wildman–Crippen LogP) is 5.88. The molecule has 1 fully saturated rings. The van der Waals surface area contributed by atoms with Gasteiger partial charge in [0.25, 0.3) is 0 Å². The van der Waals surface area contributed by atoms with Crippen molar-refractivity contribution in [2.45, 2.75) is 31.7 Å². The van der Waals surface area contributed by atoms with Crippen LogP contribution in [0.25, 0.3) is 10.8 Å². The molecule has 0 amide bonds. The van der Waals surface area contributed by atoms with Crippen LogP contribution in [0.5, 0.6) is 5.75 Å². The fourth-order valence-electron chi connectivity index (χ4n) is 4.02. The van der Waals surface area contributed by atoms with E-state index in [1.807, 2.05) is 48.8 Å². The molecule has 2 aromatic carbocycles. The first-order valence-corrected chi connectivity index (χ1v) is 10.1. The SMILES string of the molecule is Clc1ccc(OCCCN2CCCC[C@@H]2c2cccnc2)c2ccccc12. The lowest BCUT2D eigenvalue weighted by molar-refractivity contribution is 0.137. The minimum Gasteiger partial charge on any atom is -0.493 e. The largest absolute Gasteiger partial charge is 0.493 e. The molecule has 1 saturated heterocycles. The van der Waals surface area contributed by atoms with Crippen molar-refractivity contribution >= 4 is 22.4 Å². The summed E-state index contributed by atoms with van der Waals surface area (Å²) in [5.74, 6) is 0.914. The van der Waals surface area contributed by atoms with Crippen molar-refractivity contribution in [1.82, 2.24) is 9.88 Å². The van der Waals surface area contributed by atoms with Crippen LogP contribution in [-0.2, 0) is 0 Å². The molecule has 1 aliphatic rings. The minimum atomic E-state index is 0.490. The second kappa shape index (κ2) is 8.73. The molecule has 1 aromatic heterocycles. The van der Waals surface area contributed by atoms with E-state index < -0.39 is 0 Å². The lowest BCUT2D eigenvalue weighted by Gasteiger charge is -2.35. The minimum absolute atomic E-state index is 0.490. The summed E-state index contributed by atoms with van der Waals surface area (Å²) in [7, 11) is 0. The van der Waals surface area contributed by atoms with Crippen molar-refractivity contribution in [1.29, 1.82) is 0 Å². The third-order valence-electron chi connectivity index (χ3n) is 5.36. The van der Waals surface area contributed by atoms with Crippen molar-refractivity contribution in [3.8, 4) is 5.75 Å². The third kappa shape index (κ3) is 4.26. The van der Waals surface area contributed by atoms with Crippen LogP contribution in [0.1, 0.15) is 37.3 Å². The molecule has 140 valence electrons. The molecule has 0 radical (unpaired) electrons. The van der Waals surface area contributed by atoms with Crippen molar-refractivity contribution in [3.63, 3.8) is 0 Å². The summed E-state index contributed by atoms with van der Waals surface area (Å²) in [6.45, 7) is 2.91. The van der Waals surface area contributed by atoms with Crippen LogP contribution in [-0.4, -0.2) is 29.6 Å². The molecule has 2 heterocycles. The molecule has 0 spiro atoms. The van der Waals surface area contributed by atoms with E-state index in [0.29, 0.717) is 12.6 Å². The van der Waals surface area contributed by atoms with Crippen LogP contribution in [0.2, 0.25) is 5.02 Å². The zero-order valence-electron chi connectivity index (χ0n) is 15.5. The van der Waals surface area contributed by atoms with Crippen LogP contribution in [0, 0.1) is 0 Å². The maximum Gasteiger partial charge on any atom is 0.127 e. The summed E-state index contributed by atoms with van der Waals surface area (Å²) >= 11 is 6.30. The van der Waals surface area contributed by atoms with Crippen LogP contribution < -0.4 is 4.74 Å². The van der Waals surface area contributed by atoms with Gasteiger partial charge in [-0.05, 0) is 49.6 Å². The first-order chi connectivity index (χ1) is 13.3. The zero-order valence-corrected chi connectivity index (χ0v) is 16.2. The lowest BCUT2D eigenvalue weighted by atomic mass is 9.96. The number of halogens is 1. The Morgan fingerprint density at radius 3 is 2.78 bits per heavy atom. The first-order valence-electron chi connectivity index (χ1n) is 9.77. The number of rotatable bonds is 6. The Morgan fingerprint density at radius 1 is 1.04 bits per heavy atom. The molecule has 3 aromatic rings. The van der Waals surface area contributed by atoms with Crippen molar-refractivity contribution in [2.24, 2.45) is 0 Å². The highest BCUT2D eigenvalue weighted by Gasteiger charge is 2.23. The monoisotopic (exact) mass is 380 g/mol. The number of aromatic nitrogens is 1. The number of pyridine rings is 1. The quantitative estimate of drug-likeness (QED) is 0.499. The summed E-state index contributed by atoms with van der Waals surface area (Å²) in [6.07, 6.45) is 8.66. The van der Waals surface area contributed by atoms with E-state index in [9.17, 15) is 0 Å². The van der Waals surface area contributed by atoms with Gasteiger partial charge >= 0.3 is 0 Å². The van der Waals surface area contributed by atoms with Crippen LogP contribution >= 0.6 is 11.6 Å². The molecule has 3 nitrogen and oxygen atoms in total. The molecule has 0 bridgehead atoms. The highest BCUT2D eigenvalue weighted by Crippen LogP contribution is 2.32. The van der Waals surface area contributed by atoms with Gasteiger partial charge in [-0.25, -0.2) is 0 Å². The number of piperidine rings is 1. The topological polar surface area (TPSA) is 25.4 Å². The molecule has 1 atom stereocenters. The van der Waals surface area contributed by atoms with E-state index in [4.69, 9.17) is 16.3 Å². The summed E-state index contributed by atoms with van der Waals surface area (Å²) in [5, 5.41) is 2.89. The fraction of sp³-hybridized carbons (Fsp3) is 0.348. The standard InChI is InChI=1S/C23H25ClN2O/c24-21-11-12-23(20-9-2-1-8-19(20)21)27-16-6-15-26-14-4-3-10-22(26)18-7-5-13-25-17-18/h1-2,5,7-9,11-13,17,22H,3-4,6,10,14-16H2/t22-/m1/s1. The number of hydrogen-bond donors (Lipinski definition) is 0. The molecular formula is C23H25ClN2O. The molecule has 4 rings (SSSR count).